The first-order valence-corrected chi connectivity index (χ1v) is 15.6. The predicted octanol–water partition coefficient (Wildman–Crippen LogP) is 4.77. The number of hydrogen-bond donors (Lipinski definition) is 2. The fraction of sp³-hybridized carbons (Fsp3) is 0.192. The number of fused-ring (bicyclic) bond motifs is 1. The Hall–Kier alpha value is -1.95. The van der Waals surface area contributed by atoms with Crippen LogP contribution in [0.4, 0.5) is 5.69 Å². The minimum atomic E-state index is -3.31. The van der Waals surface area contributed by atoms with Crippen LogP contribution in [-0.4, -0.2) is 40.2 Å². The molecule has 36 heavy (non-hydrogen) atoms. The van der Waals surface area contributed by atoms with Gasteiger partial charge in [-0.3, -0.25) is 0 Å². The first-order valence-electron chi connectivity index (χ1n) is 11.2. The number of carbonyl (C=O) groups excluding carboxylic acids is 1. The average molecular weight is 558 g/mol. The van der Waals surface area contributed by atoms with Crippen molar-refractivity contribution in [2.75, 3.05) is 17.3 Å². The zero-order valence-corrected chi connectivity index (χ0v) is 23.0. The Morgan fingerprint density at radius 3 is 2.56 bits per heavy atom. The van der Waals surface area contributed by atoms with Crippen LogP contribution in [0.15, 0.2) is 65.6 Å². The zero-order chi connectivity index (χ0) is 25.6. The molecule has 5 rings (SSSR count). The topological polar surface area (TPSA) is 92.9 Å². The van der Waals surface area contributed by atoms with Crippen molar-refractivity contribution < 1.29 is 19.0 Å². The molecular weight excluding hydrogens is 534 g/mol. The molecule has 2 aliphatic heterocycles. The van der Waals surface area contributed by atoms with E-state index in [1.807, 2.05) is 55.5 Å². The second-order valence-corrected chi connectivity index (χ2v) is 13.7. The van der Waals surface area contributed by atoms with Crippen LogP contribution in [-0.2, 0) is 20.6 Å². The quantitative estimate of drug-likeness (QED) is 0.439. The summed E-state index contributed by atoms with van der Waals surface area (Å²) in [7, 11) is -2.39. The van der Waals surface area contributed by atoms with E-state index in [-0.39, 0.29) is 5.91 Å². The molecule has 6 nitrogen and oxygen atoms in total. The van der Waals surface area contributed by atoms with E-state index < -0.39 is 13.4 Å². The van der Waals surface area contributed by atoms with E-state index >= 15 is 0 Å². The van der Waals surface area contributed by atoms with Crippen LogP contribution in [0.5, 0.6) is 0 Å². The van der Waals surface area contributed by atoms with Gasteiger partial charge in [-0.15, -0.1) is 0 Å². The van der Waals surface area contributed by atoms with E-state index in [9.17, 15) is 14.3 Å². The van der Waals surface area contributed by atoms with Gasteiger partial charge in [-0.05, 0) is 0 Å². The van der Waals surface area contributed by atoms with Gasteiger partial charge in [0.1, 0.15) is 0 Å². The Balaban J connectivity index is 1.50. The van der Waals surface area contributed by atoms with Crippen LogP contribution in [0.1, 0.15) is 22.3 Å². The number of aryl methyl sites for hydroxylation is 1. The number of amides is 1. The Bertz CT molecular complexity index is 1500. The van der Waals surface area contributed by atoms with Gasteiger partial charge in [0.05, 0.1) is 0 Å². The summed E-state index contributed by atoms with van der Waals surface area (Å²) >= 11 is 7.62. The number of thioether (sulfide) groups is 1. The molecule has 0 aromatic heterocycles. The minimum absolute atomic E-state index is 0.120. The van der Waals surface area contributed by atoms with Crippen molar-refractivity contribution in [2.24, 2.45) is 5.73 Å². The van der Waals surface area contributed by atoms with Crippen molar-refractivity contribution in [1.29, 1.82) is 0 Å². The van der Waals surface area contributed by atoms with Crippen molar-refractivity contribution in [1.82, 2.24) is 0 Å². The molecule has 0 bridgehead atoms. The maximum atomic E-state index is 13.2. The number of benzene rings is 3. The Kier molecular flexibility index (Phi) is 7.19. The molecule has 0 aliphatic carbocycles. The Labute approximate surface area is 220 Å². The van der Waals surface area contributed by atoms with E-state index in [2.05, 4.69) is 0 Å². The molecule has 10 heteroatoms. The van der Waals surface area contributed by atoms with Crippen molar-refractivity contribution in [2.45, 2.75) is 24.4 Å². The zero-order valence-electron chi connectivity index (χ0n) is 19.6. The summed E-state index contributed by atoms with van der Waals surface area (Å²) in [6, 6.07) is 18.1. The molecule has 0 fully saturated rings. The van der Waals surface area contributed by atoms with Gasteiger partial charge in [0.2, 0.25) is 0 Å². The van der Waals surface area contributed by atoms with Crippen LogP contribution < -0.4 is 15.9 Å². The van der Waals surface area contributed by atoms with E-state index in [1.54, 1.807) is 28.8 Å². The fourth-order valence-corrected chi connectivity index (χ4v) is 6.93. The molecule has 184 valence electrons. The number of anilines is 1. The second kappa shape index (κ2) is 10.1. The summed E-state index contributed by atoms with van der Waals surface area (Å²) in [5.74, 6) is 0.393. The van der Waals surface area contributed by atoms with Crippen LogP contribution in [0, 0.1) is 6.92 Å². The van der Waals surface area contributed by atoms with Crippen molar-refractivity contribution in [3.8, 4) is 0 Å². The predicted molar refractivity (Wildman–Crippen MR) is 151 cm³/mol. The molecule has 2 atom stereocenters. The number of carbonyl (C=O) groups is 1. The molecular formula is C26H24ClN2O4P2S+. The van der Waals surface area contributed by atoms with Gasteiger partial charge in [-0.25, -0.2) is 0 Å². The van der Waals surface area contributed by atoms with Gasteiger partial charge in [-0.1, -0.05) is 0 Å². The molecule has 2 heterocycles. The van der Waals surface area contributed by atoms with Crippen molar-refractivity contribution >= 4 is 66.4 Å². The maximum absolute atomic E-state index is 13.2. The van der Waals surface area contributed by atoms with Gasteiger partial charge >= 0.3 is 221 Å². The number of hydrogen-bond acceptors (Lipinski definition) is 5. The normalized spacial score (nSPS) is 19.2. The Morgan fingerprint density at radius 1 is 1.17 bits per heavy atom. The summed E-state index contributed by atoms with van der Waals surface area (Å²) in [6.07, 6.45) is 0. The van der Waals surface area contributed by atoms with E-state index in [0.29, 0.717) is 22.6 Å². The van der Waals surface area contributed by atoms with Crippen molar-refractivity contribution in [3.63, 3.8) is 0 Å². The van der Waals surface area contributed by atoms with Crippen LogP contribution in [0.25, 0.3) is 0 Å². The molecule has 3 N–H and O–H groups in total. The van der Waals surface area contributed by atoms with E-state index in [1.165, 1.54) is 6.66 Å². The summed E-state index contributed by atoms with van der Waals surface area (Å²) in [5.41, 5.74) is 12.2. The summed E-state index contributed by atoms with van der Waals surface area (Å²) in [6.45, 7) is 3.63. The molecule has 0 saturated heterocycles. The second-order valence-electron chi connectivity index (χ2n) is 8.85. The number of nitrogens with two attached hydrogens (primary N) is 1. The number of rotatable bonds is 5. The molecule has 0 radical (unpaired) electrons. The molecule has 3 aromatic rings. The Morgan fingerprint density at radius 2 is 1.89 bits per heavy atom. The molecule has 0 spiro atoms. The molecule has 1 amide bonds. The summed E-state index contributed by atoms with van der Waals surface area (Å²) < 4.78 is 18.1. The fourth-order valence-electron chi connectivity index (χ4n) is 4.06. The van der Waals surface area contributed by atoms with E-state index in [4.69, 9.17) is 22.1 Å². The molecule has 3 aromatic carbocycles. The first kappa shape index (κ1) is 25.7. The summed E-state index contributed by atoms with van der Waals surface area (Å²) in [5, 5.41) is 1.07. The van der Waals surface area contributed by atoms with E-state index in [0.717, 1.165) is 51.6 Å². The number of ether oxygens (including phenoxy) is 1. The monoisotopic (exact) mass is 557 g/mol. The number of halogens is 1. The SMILES string of the molecule is Cc1cc(P(C)(=O)O)ccc1C1=[P+]=C(c2ccc3c(c2)N(Cc2ccc(Cl)cc2)C(=O)[C@@H](N)CS3)O1. The third kappa shape index (κ3) is 5.20. The average Bonchev–Trinajstić information content (AvgIpc) is 2.92. The van der Waals surface area contributed by atoms with Crippen molar-refractivity contribution in [3.05, 3.63) is 87.9 Å². The van der Waals surface area contributed by atoms with Crippen LogP contribution in [0.3, 0.4) is 0 Å². The van der Waals surface area contributed by atoms with Gasteiger partial charge < -0.3 is 0 Å². The van der Waals surface area contributed by atoms with Gasteiger partial charge in [-0.2, -0.15) is 0 Å². The molecule has 1 unspecified atom stereocenters. The van der Waals surface area contributed by atoms with Gasteiger partial charge in [0.15, 0.2) is 0 Å². The third-order valence-electron chi connectivity index (χ3n) is 6.07. The number of nitrogens with zero attached hydrogens (tertiary/aromatic N) is 1. The van der Waals surface area contributed by atoms with Gasteiger partial charge in [0.25, 0.3) is 0 Å². The first-order chi connectivity index (χ1) is 17.1. The summed E-state index contributed by atoms with van der Waals surface area (Å²) in [4.78, 5) is 25.8. The van der Waals surface area contributed by atoms with Crippen LogP contribution >= 0.6 is 38.6 Å². The van der Waals surface area contributed by atoms with Crippen LogP contribution in [0.2, 0.25) is 5.02 Å². The third-order valence-corrected chi connectivity index (χ3v) is 9.83. The van der Waals surface area contributed by atoms with Gasteiger partial charge in [0, 0.05) is 0 Å². The molecule has 0 saturated carbocycles. The standard InChI is InChI=1S/C26H23ClN2O4P2S/c1-15-11-19(35(2,31)32)8-9-20(15)26-33-25(34-26)17-5-10-23-22(12-17)29(24(30)21(28)14-36-23)13-16-3-6-18(27)7-4-16/h3-12,21H,13-14,28H2,1-2H3/p+1/t21-/m0/s1. The molecule has 2 aliphatic rings.